The minimum atomic E-state index is -0.0187. The van der Waals surface area contributed by atoms with Crippen molar-refractivity contribution in [3.05, 3.63) is 46.2 Å². The molecule has 8 heteroatoms. The summed E-state index contributed by atoms with van der Waals surface area (Å²) in [5.74, 6) is 2.01. The van der Waals surface area contributed by atoms with E-state index in [4.69, 9.17) is 9.47 Å². The van der Waals surface area contributed by atoms with Crippen LogP contribution in [0.25, 0.3) is 0 Å². The molecule has 0 aliphatic carbocycles. The highest BCUT2D eigenvalue weighted by atomic mass is 32.1. The first-order chi connectivity index (χ1) is 13.5. The Morgan fingerprint density at radius 2 is 2.00 bits per heavy atom. The Morgan fingerprint density at radius 1 is 1.18 bits per heavy atom. The molecule has 0 fully saturated rings. The molecule has 28 heavy (non-hydrogen) atoms. The fraction of sp³-hybridized carbons (Fsp3) is 0.400. The third-order valence-corrected chi connectivity index (χ3v) is 4.99. The number of aliphatic imine (C=N–C) groups is 1. The summed E-state index contributed by atoms with van der Waals surface area (Å²) in [6.07, 6.45) is 0.895. The van der Waals surface area contributed by atoms with Gasteiger partial charge in [0.2, 0.25) is 5.91 Å². The van der Waals surface area contributed by atoms with Crippen LogP contribution < -0.4 is 20.1 Å². The molecule has 7 nitrogen and oxygen atoms in total. The Bertz CT molecular complexity index is 776. The molecule has 0 unspecified atom stereocenters. The molecule has 0 saturated heterocycles. The molecule has 152 valence electrons. The summed E-state index contributed by atoms with van der Waals surface area (Å²) in [6, 6.07) is 9.78. The van der Waals surface area contributed by atoms with Crippen LogP contribution in [0, 0.1) is 0 Å². The average molecular weight is 405 g/mol. The zero-order valence-corrected chi connectivity index (χ0v) is 17.6. The van der Waals surface area contributed by atoms with Crippen molar-refractivity contribution in [2.24, 2.45) is 4.99 Å². The minimum Gasteiger partial charge on any atom is -0.497 e. The molecule has 0 spiro atoms. The summed E-state index contributed by atoms with van der Waals surface area (Å²) in [7, 11) is 6.70. The summed E-state index contributed by atoms with van der Waals surface area (Å²) in [5, 5.41) is 8.45. The fourth-order valence-corrected chi connectivity index (χ4v) is 3.11. The molecule has 2 rings (SSSR count). The second-order valence-electron chi connectivity index (χ2n) is 6.24. The molecule has 1 amide bonds. The predicted octanol–water partition coefficient (Wildman–Crippen LogP) is 2.13. The number of nitrogens with zero attached hydrogens (tertiary/aromatic N) is 2. The summed E-state index contributed by atoms with van der Waals surface area (Å²) < 4.78 is 10.7. The van der Waals surface area contributed by atoms with Crippen LogP contribution in [0.15, 0.2) is 40.7 Å². The van der Waals surface area contributed by atoms with Crippen LogP contribution in [0.2, 0.25) is 0 Å². The number of rotatable bonds is 9. The van der Waals surface area contributed by atoms with E-state index < -0.39 is 0 Å². The Labute approximate surface area is 170 Å². The number of ether oxygens (including phenoxy) is 2. The van der Waals surface area contributed by atoms with Crippen LogP contribution in [0.4, 0.5) is 0 Å². The fourth-order valence-electron chi connectivity index (χ4n) is 2.40. The third kappa shape index (κ3) is 6.77. The number of carbonyl (C=O) groups excluding carboxylic acids is 1. The molecular formula is C20H28N4O3S. The van der Waals surface area contributed by atoms with Crippen molar-refractivity contribution in [3.8, 4) is 11.5 Å². The third-order valence-electron chi connectivity index (χ3n) is 4.05. The molecular weight excluding hydrogens is 376 g/mol. The van der Waals surface area contributed by atoms with Crippen molar-refractivity contribution >= 4 is 23.2 Å². The zero-order valence-electron chi connectivity index (χ0n) is 16.8. The average Bonchev–Trinajstić information content (AvgIpc) is 3.22. The van der Waals surface area contributed by atoms with Gasteiger partial charge in [0.15, 0.2) is 5.96 Å². The Morgan fingerprint density at radius 3 is 2.64 bits per heavy atom. The molecule has 0 aliphatic rings. The highest BCUT2D eigenvalue weighted by molar-refractivity contribution is 7.09. The molecule has 0 atom stereocenters. The maximum Gasteiger partial charge on any atom is 0.241 e. The standard InChI is InChI=1S/C20H28N4O3S/c1-24(2)19(25)14-23-20(21-10-9-17-6-5-11-28-17)22-13-15-7-8-16(26-3)12-18(15)27-4/h5-8,11-12H,9-10,13-14H2,1-4H3,(H2,21,22,23). The summed E-state index contributed by atoms with van der Waals surface area (Å²) in [6.45, 7) is 1.32. The van der Waals surface area contributed by atoms with Gasteiger partial charge in [-0.05, 0) is 30.0 Å². The number of carbonyl (C=O) groups is 1. The smallest absolute Gasteiger partial charge is 0.241 e. The van der Waals surface area contributed by atoms with Crippen LogP contribution in [-0.4, -0.2) is 58.2 Å². The lowest BCUT2D eigenvalue weighted by Gasteiger charge is -2.15. The van der Waals surface area contributed by atoms with Crippen molar-refractivity contribution in [2.75, 3.05) is 41.4 Å². The number of amides is 1. The largest absolute Gasteiger partial charge is 0.497 e. The van der Waals surface area contributed by atoms with Gasteiger partial charge in [-0.1, -0.05) is 6.07 Å². The van der Waals surface area contributed by atoms with Gasteiger partial charge in [0, 0.05) is 37.1 Å². The van der Waals surface area contributed by atoms with Gasteiger partial charge in [0.1, 0.15) is 11.5 Å². The number of methoxy groups -OCH3 is 2. The van der Waals surface area contributed by atoms with E-state index >= 15 is 0 Å². The number of benzene rings is 1. The highest BCUT2D eigenvalue weighted by Crippen LogP contribution is 2.25. The summed E-state index contributed by atoms with van der Waals surface area (Å²) in [4.78, 5) is 19.4. The maximum absolute atomic E-state index is 11.9. The Kier molecular flexibility index (Phi) is 8.61. The van der Waals surface area contributed by atoms with E-state index in [-0.39, 0.29) is 12.5 Å². The van der Waals surface area contributed by atoms with Gasteiger partial charge >= 0.3 is 0 Å². The van der Waals surface area contributed by atoms with Gasteiger partial charge in [-0.3, -0.25) is 4.79 Å². The van der Waals surface area contributed by atoms with E-state index in [0.29, 0.717) is 18.3 Å². The molecule has 1 heterocycles. The molecule has 1 aromatic heterocycles. The first-order valence-electron chi connectivity index (χ1n) is 8.99. The first-order valence-corrected chi connectivity index (χ1v) is 9.87. The Hall–Kier alpha value is -2.74. The van der Waals surface area contributed by atoms with Crippen LogP contribution in [0.5, 0.6) is 11.5 Å². The number of hydrogen-bond donors (Lipinski definition) is 2. The molecule has 0 radical (unpaired) electrons. The van der Waals surface area contributed by atoms with Crippen molar-refractivity contribution in [1.29, 1.82) is 0 Å². The normalized spacial score (nSPS) is 11.1. The lowest BCUT2D eigenvalue weighted by Crippen LogP contribution is -2.43. The van der Waals surface area contributed by atoms with E-state index in [0.717, 1.165) is 24.3 Å². The minimum absolute atomic E-state index is 0.0187. The second kappa shape index (κ2) is 11.2. The number of likely N-dealkylation sites (N-methyl/N-ethyl adjacent to an activating group) is 1. The Balaban J connectivity index is 2.04. The van der Waals surface area contributed by atoms with Crippen molar-refractivity contribution in [1.82, 2.24) is 15.5 Å². The molecule has 0 bridgehead atoms. The lowest BCUT2D eigenvalue weighted by molar-refractivity contribution is -0.127. The van der Waals surface area contributed by atoms with Gasteiger partial charge in [-0.2, -0.15) is 0 Å². The number of thiophene rings is 1. The number of nitrogens with one attached hydrogen (secondary N) is 2. The molecule has 2 N–H and O–H groups in total. The van der Waals surface area contributed by atoms with E-state index in [1.54, 1.807) is 44.6 Å². The molecule has 2 aromatic rings. The van der Waals surface area contributed by atoms with Gasteiger partial charge in [0.25, 0.3) is 0 Å². The van der Waals surface area contributed by atoms with E-state index in [9.17, 15) is 4.79 Å². The predicted molar refractivity (Wildman–Crippen MR) is 113 cm³/mol. The molecule has 1 aromatic carbocycles. The summed E-state index contributed by atoms with van der Waals surface area (Å²) in [5.41, 5.74) is 0.932. The van der Waals surface area contributed by atoms with Gasteiger partial charge < -0.3 is 25.0 Å². The first kappa shape index (κ1) is 21.6. The van der Waals surface area contributed by atoms with E-state index in [1.165, 1.54) is 4.88 Å². The SMILES string of the molecule is COc1ccc(CN=C(NCCc2cccs2)NCC(=O)N(C)C)c(OC)c1. The van der Waals surface area contributed by atoms with Crippen LogP contribution in [0.3, 0.4) is 0 Å². The maximum atomic E-state index is 11.9. The highest BCUT2D eigenvalue weighted by Gasteiger charge is 2.08. The van der Waals surface area contributed by atoms with Gasteiger partial charge in [0.05, 0.1) is 27.3 Å². The van der Waals surface area contributed by atoms with Crippen LogP contribution in [0.1, 0.15) is 10.4 Å². The second-order valence-corrected chi connectivity index (χ2v) is 7.27. The van der Waals surface area contributed by atoms with Crippen molar-refractivity contribution < 1.29 is 14.3 Å². The number of guanidine groups is 1. The topological polar surface area (TPSA) is 75.2 Å². The monoisotopic (exact) mass is 404 g/mol. The van der Waals surface area contributed by atoms with Crippen molar-refractivity contribution in [2.45, 2.75) is 13.0 Å². The summed E-state index contributed by atoms with van der Waals surface area (Å²) >= 11 is 1.73. The quantitative estimate of drug-likeness (QED) is 0.495. The van der Waals surface area contributed by atoms with Gasteiger partial charge in [-0.25, -0.2) is 4.99 Å². The van der Waals surface area contributed by atoms with Crippen molar-refractivity contribution in [3.63, 3.8) is 0 Å². The zero-order chi connectivity index (χ0) is 20.4. The molecule has 0 saturated carbocycles. The lowest BCUT2D eigenvalue weighted by atomic mass is 10.2. The number of hydrogen-bond acceptors (Lipinski definition) is 5. The van der Waals surface area contributed by atoms with E-state index in [1.807, 2.05) is 24.3 Å². The van der Waals surface area contributed by atoms with Crippen LogP contribution >= 0.6 is 11.3 Å². The van der Waals surface area contributed by atoms with Gasteiger partial charge in [-0.15, -0.1) is 11.3 Å². The molecule has 0 aliphatic heterocycles. The van der Waals surface area contributed by atoms with E-state index in [2.05, 4.69) is 27.1 Å². The van der Waals surface area contributed by atoms with Crippen LogP contribution in [-0.2, 0) is 17.8 Å².